The second kappa shape index (κ2) is 3.81. The van der Waals surface area contributed by atoms with Crippen LogP contribution in [0.1, 0.15) is 32.4 Å². The van der Waals surface area contributed by atoms with Gasteiger partial charge in [0.2, 0.25) is 0 Å². The Morgan fingerprint density at radius 1 is 1.23 bits per heavy atom. The highest BCUT2D eigenvalue weighted by atomic mass is 79.9. The summed E-state index contributed by atoms with van der Waals surface area (Å²) in [6.07, 6.45) is 0. The van der Waals surface area contributed by atoms with Gasteiger partial charge in [-0.25, -0.2) is 0 Å². The largest absolute Gasteiger partial charge is 0.323 e. The number of rotatable bonds is 1. The summed E-state index contributed by atoms with van der Waals surface area (Å²) in [5.74, 6) is 0. The molecule has 0 unspecified atom stereocenters. The minimum Gasteiger partial charge on any atom is -0.323 e. The predicted molar refractivity (Wildman–Crippen MR) is 60.5 cm³/mol. The minimum absolute atomic E-state index is 0.0723. The van der Waals surface area contributed by atoms with Crippen molar-refractivity contribution in [2.45, 2.75) is 26.8 Å². The number of nitrogens with two attached hydrogens (primary N) is 1. The molecular weight excluding hydrogens is 226 g/mol. The van der Waals surface area contributed by atoms with E-state index in [1.807, 2.05) is 18.2 Å². The van der Waals surface area contributed by atoms with Crippen molar-refractivity contribution >= 4 is 15.9 Å². The van der Waals surface area contributed by atoms with Crippen LogP contribution in [0.2, 0.25) is 0 Å². The van der Waals surface area contributed by atoms with Gasteiger partial charge >= 0.3 is 0 Å². The van der Waals surface area contributed by atoms with Gasteiger partial charge in [-0.05, 0) is 17.0 Å². The lowest BCUT2D eigenvalue weighted by Crippen LogP contribution is -2.26. The molecule has 1 nitrogen and oxygen atoms in total. The molecular formula is C11H16BrN. The lowest BCUT2D eigenvalue weighted by atomic mass is 9.83. The van der Waals surface area contributed by atoms with Gasteiger partial charge in [0, 0.05) is 10.5 Å². The average molecular weight is 242 g/mol. The number of hydrogen-bond donors (Lipinski definition) is 1. The Morgan fingerprint density at radius 2 is 1.77 bits per heavy atom. The van der Waals surface area contributed by atoms with Crippen LogP contribution in [0, 0.1) is 5.41 Å². The molecule has 0 aromatic heterocycles. The Bertz CT molecular complexity index is 288. The van der Waals surface area contributed by atoms with Gasteiger partial charge < -0.3 is 5.73 Å². The van der Waals surface area contributed by atoms with Crippen molar-refractivity contribution in [1.82, 2.24) is 0 Å². The summed E-state index contributed by atoms with van der Waals surface area (Å²) in [5.41, 5.74) is 7.42. The molecule has 0 aliphatic carbocycles. The zero-order chi connectivity index (χ0) is 10.1. The Kier molecular flexibility index (Phi) is 3.14. The summed E-state index contributed by atoms with van der Waals surface area (Å²) in [6, 6.07) is 8.19. The third kappa shape index (κ3) is 2.55. The SMILES string of the molecule is CC(C)(C)[C@@H](N)c1ccccc1Br. The van der Waals surface area contributed by atoms with Crippen molar-refractivity contribution in [3.8, 4) is 0 Å². The van der Waals surface area contributed by atoms with E-state index in [4.69, 9.17) is 5.73 Å². The molecule has 0 radical (unpaired) electrons. The van der Waals surface area contributed by atoms with Gasteiger partial charge in [0.25, 0.3) is 0 Å². The summed E-state index contributed by atoms with van der Waals surface area (Å²) in [7, 11) is 0. The van der Waals surface area contributed by atoms with Crippen LogP contribution in [-0.4, -0.2) is 0 Å². The van der Waals surface area contributed by atoms with Crippen molar-refractivity contribution in [1.29, 1.82) is 0 Å². The fraction of sp³-hybridized carbons (Fsp3) is 0.455. The molecule has 0 aliphatic heterocycles. The normalized spacial score (nSPS) is 14.2. The molecule has 2 N–H and O–H groups in total. The van der Waals surface area contributed by atoms with E-state index in [9.17, 15) is 0 Å². The van der Waals surface area contributed by atoms with Gasteiger partial charge in [-0.2, -0.15) is 0 Å². The summed E-state index contributed by atoms with van der Waals surface area (Å²) in [5, 5.41) is 0. The molecule has 2 heteroatoms. The molecule has 72 valence electrons. The third-order valence-corrected chi connectivity index (χ3v) is 2.90. The summed E-state index contributed by atoms with van der Waals surface area (Å²) in [4.78, 5) is 0. The topological polar surface area (TPSA) is 26.0 Å². The number of halogens is 1. The zero-order valence-electron chi connectivity index (χ0n) is 8.34. The predicted octanol–water partition coefficient (Wildman–Crippen LogP) is 3.50. The minimum atomic E-state index is 0.0723. The monoisotopic (exact) mass is 241 g/mol. The first-order chi connectivity index (χ1) is 5.93. The first-order valence-corrected chi connectivity index (χ1v) is 5.22. The maximum absolute atomic E-state index is 6.14. The Morgan fingerprint density at radius 3 is 2.23 bits per heavy atom. The van der Waals surface area contributed by atoms with Crippen molar-refractivity contribution < 1.29 is 0 Å². The molecule has 0 amide bonds. The van der Waals surface area contributed by atoms with Crippen LogP contribution in [0.5, 0.6) is 0 Å². The molecule has 1 atom stereocenters. The molecule has 1 aromatic rings. The standard InChI is InChI=1S/C11H16BrN/c1-11(2,3)10(13)8-6-4-5-7-9(8)12/h4-7,10H,13H2,1-3H3/t10-/m0/s1. The first kappa shape index (κ1) is 10.7. The van der Waals surface area contributed by atoms with E-state index in [2.05, 4.69) is 42.8 Å². The lowest BCUT2D eigenvalue weighted by molar-refractivity contribution is 0.326. The summed E-state index contributed by atoms with van der Waals surface area (Å²) >= 11 is 3.51. The second-order valence-electron chi connectivity index (χ2n) is 4.37. The van der Waals surface area contributed by atoms with Crippen LogP contribution in [0.25, 0.3) is 0 Å². The highest BCUT2D eigenvalue weighted by Crippen LogP contribution is 2.33. The molecule has 0 heterocycles. The zero-order valence-corrected chi connectivity index (χ0v) is 9.93. The summed E-state index contributed by atoms with van der Waals surface area (Å²) in [6.45, 7) is 6.45. The van der Waals surface area contributed by atoms with Gasteiger partial charge in [0.1, 0.15) is 0 Å². The maximum Gasteiger partial charge on any atom is 0.0355 e. The number of hydrogen-bond acceptors (Lipinski definition) is 1. The maximum atomic E-state index is 6.14. The van der Waals surface area contributed by atoms with E-state index in [0.717, 1.165) is 4.47 Å². The summed E-state index contributed by atoms with van der Waals surface area (Å²) < 4.78 is 1.09. The molecule has 0 fully saturated rings. The molecule has 0 saturated heterocycles. The molecule has 0 aliphatic rings. The van der Waals surface area contributed by atoms with E-state index < -0.39 is 0 Å². The first-order valence-electron chi connectivity index (χ1n) is 4.43. The average Bonchev–Trinajstić information content (AvgIpc) is 2.02. The third-order valence-electron chi connectivity index (χ3n) is 2.17. The molecule has 0 bridgehead atoms. The Labute approximate surface area is 88.5 Å². The smallest absolute Gasteiger partial charge is 0.0355 e. The van der Waals surface area contributed by atoms with Crippen molar-refractivity contribution in [2.24, 2.45) is 11.1 Å². The lowest BCUT2D eigenvalue weighted by Gasteiger charge is -2.28. The second-order valence-corrected chi connectivity index (χ2v) is 5.22. The Balaban J connectivity index is 3.02. The van der Waals surface area contributed by atoms with Gasteiger partial charge in [-0.15, -0.1) is 0 Å². The molecule has 13 heavy (non-hydrogen) atoms. The van der Waals surface area contributed by atoms with Gasteiger partial charge in [-0.1, -0.05) is 54.9 Å². The van der Waals surface area contributed by atoms with Gasteiger partial charge in [0.15, 0.2) is 0 Å². The highest BCUT2D eigenvalue weighted by Gasteiger charge is 2.23. The molecule has 1 aromatic carbocycles. The van der Waals surface area contributed by atoms with Crippen molar-refractivity contribution in [3.05, 3.63) is 34.3 Å². The molecule has 0 saturated carbocycles. The van der Waals surface area contributed by atoms with Crippen LogP contribution in [0.4, 0.5) is 0 Å². The fourth-order valence-corrected chi connectivity index (χ4v) is 1.73. The quantitative estimate of drug-likeness (QED) is 0.801. The van der Waals surface area contributed by atoms with Crippen molar-refractivity contribution in [2.75, 3.05) is 0 Å². The van der Waals surface area contributed by atoms with Crippen LogP contribution in [-0.2, 0) is 0 Å². The molecule has 0 spiro atoms. The van der Waals surface area contributed by atoms with Crippen LogP contribution in [0.15, 0.2) is 28.7 Å². The Hall–Kier alpha value is -0.340. The van der Waals surface area contributed by atoms with E-state index in [1.54, 1.807) is 0 Å². The van der Waals surface area contributed by atoms with Gasteiger partial charge in [-0.3, -0.25) is 0 Å². The van der Waals surface area contributed by atoms with E-state index >= 15 is 0 Å². The highest BCUT2D eigenvalue weighted by molar-refractivity contribution is 9.10. The number of benzene rings is 1. The fourth-order valence-electron chi connectivity index (χ4n) is 1.19. The van der Waals surface area contributed by atoms with Gasteiger partial charge in [0.05, 0.1) is 0 Å². The van der Waals surface area contributed by atoms with Crippen LogP contribution >= 0.6 is 15.9 Å². The van der Waals surface area contributed by atoms with E-state index in [-0.39, 0.29) is 11.5 Å². The van der Waals surface area contributed by atoms with E-state index in [0.29, 0.717) is 0 Å². The molecule has 1 rings (SSSR count). The van der Waals surface area contributed by atoms with E-state index in [1.165, 1.54) is 5.56 Å². The van der Waals surface area contributed by atoms with Crippen LogP contribution in [0.3, 0.4) is 0 Å². The van der Waals surface area contributed by atoms with Crippen LogP contribution < -0.4 is 5.73 Å². The van der Waals surface area contributed by atoms with Crippen molar-refractivity contribution in [3.63, 3.8) is 0 Å².